The summed E-state index contributed by atoms with van der Waals surface area (Å²) in [5, 5.41) is 3.95. The van der Waals surface area contributed by atoms with E-state index in [9.17, 15) is 0 Å². The van der Waals surface area contributed by atoms with Crippen LogP contribution < -0.4 is 5.73 Å². The normalized spacial score (nSPS) is 13.6. The minimum absolute atomic E-state index is 0.0855. The average Bonchev–Trinajstić information content (AvgIpc) is 2.77. The highest BCUT2D eigenvalue weighted by atomic mass is 16.5. The van der Waals surface area contributed by atoms with Crippen molar-refractivity contribution in [3.05, 3.63) is 36.2 Å². The average molecular weight is 231 g/mol. The van der Waals surface area contributed by atoms with Crippen molar-refractivity contribution in [2.75, 3.05) is 0 Å². The van der Waals surface area contributed by atoms with Crippen LogP contribution in [0.5, 0.6) is 0 Å². The summed E-state index contributed by atoms with van der Waals surface area (Å²) in [6.07, 6.45) is 0. The van der Waals surface area contributed by atoms with Gasteiger partial charge in [-0.25, -0.2) is 0 Å². The molecule has 0 aliphatic carbocycles. The fourth-order valence-corrected chi connectivity index (χ4v) is 1.45. The molecule has 2 N–H and O–H groups in total. The molecule has 17 heavy (non-hydrogen) atoms. The van der Waals surface area contributed by atoms with Crippen molar-refractivity contribution in [1.29, 1.82) is 0 Å². The summed E-state index contributed by atoms with van der Waals surface area (Å²) in [4.78, 5) is 4.34. The fourth-order valence-electron chi connectivity index (χ4n) is 1.45. The molecule has 4 nitrogen and oxygen atoms in total. The van der Waals surface area contributed by atoms with Gasteiger partial charge in [0.2, 0.25) is 0 Å². The Bertz CT molecular complexity index is 485. The Morgan fingerprint density at radius 1 is 1.18 bits per heavy atom. The summed E-state index contributed by atoms with van der Waals surface area (Å²) in [5.74, 6) is 1.07. The molecular formula is C13H17N3O. The second kappa shape index (κ2) is 4.30. The van der Waals surface area contributed by atoms with E-state index < -0.39 is 0 Å². The van der Waals surface area contributed by atoms with E-state index in [0.29, 0.717) is 11.7 Å². The molecule has 0 amide bonds. The quantitative estimate of drug-likeness (QED) is 0.863. The fraction of sp³-hybridized carbons (Fsp3) is 0.385. The van der Waals surface area contributed by atoms with Crippen LogP contribution >= 0.6 is 0 Å². The number of nitrogens with two attached hydrogens (primary N) is 1. The third kappa shape index (κ3) is 2.53. The van der Waals surface area contributed by atoms with E-state index >= 15 is 0 Å². The van der Waals surface area contributed by atoms with Crippen molar-refractivity contribution in [2.45, 2.75) is 26.8 Å². The zero-order chi connectivity index (χ0) is 12.5. The number of hydrogen-bond donors (Lipinski definition) is 1. The molecule has 0 aliphatic rings. The zero-order valence-corrected chi connectivity index (χ0v) is 10.3. The zero-order valence-electron chi connectivity index (χ0n) is 10.3. The van der Waals surface area contributed by atoms with Gasteiger partial charge in [-0.2, -0.15) is 4.98 Å². The van der Waals surface area contributed by atoms with Crippen LogP contribution in [0.15, 0.2) is 34.9 Å². The van der Waals surface area contributed by atoms with Crippen molar-refractivity contribution < 1.29 is 4.52 Å². The van der Waals surface area contributed by atoms with Crippen molar-refractivity contribution in [1.82, 2.24) is 10.1 Å². The van der Waals surface area contributed by atoms with Crippen LogP contribution in [-0.4, -0.2) is 10.1 Å². The highest BCUT2D eigenvalue weighted by Crippen LogP contribution is 2.29. The molecule has 0 radical (unpaired) electrons. The molecule has 0 bridgehead atoms. The predicted molar refractivity (Wildman–Crippen MR) is 66.1 cm³/mol. The van der Waals surface area contributed by atoms with Crippen LogP contribution in [0.25, 0.3) is 11.5 Å². The van der Waals surface area contributed by atoms with Gasteiger partial charge in [0.25, 0.3) is 5.89 Å². The van der Waals surface area contributed by atoms with Gasteiger partial charge >= 0.3 is 0 Å². The van der Waals surface area contributed by atoms with E-state index in [0.717, 1.165) is 5.56 Å². The Labute approximate surface area is 101 Å². The lowest BCUT2D eigenvalue weighted by atomic mass is 9.87. The van der Waals surface area contributed by atoms with Crippen molar-refractivity contribution in [3.63, 3.8) is 0 Å². The second-order valence-electron chi connectivity index (χ2n) is 5.17. The van der Waals surface area contributed by atoms with Gasteiger partial charge < -0.3 is 10.3 Å². The van der Waals surface area contributed by atoms with Gasteiger partial charge in [-0.15, -0.1) is 0 Å². The Morgan fingerprint density at radius 3 is 2.41 bits per heavy atom. The molecule has 0 unspecified atom stereocenters. The molecule has 90 valence electrons. The van der Waals surface area contributed by atoms with Crippen molar-refractivity contribution >= 4 is 0 Å². The van der Waals surface area contributed by atoms with Crippen molar-refractivity contribution in [3.8, 4) is 11.5 Å². The summed E-state index contributed by atoms with van der Waals surface area (Å²) < 4.78 is 5.23. The largest absolute Gasteiger partial charge is 0.334 e. The molecule has 1 aromatic carbocycles. The maximum absolute atomic E-state index is 6.08. The number of rotatable bonds is 2. The van der Waals surface area contributed by atoms with E-state index in [4.69, 9.17) is 10.3 Å². The highest BCUT2D eigenvalue weighted by molar-refractivity contribution is 5.52. The number of nitrogens with zero attached hydrogens (tertiary/aromatic N) is 2. The molecule has 2 aromatic rings. The monoisotopic (exact) mass is 231 g/mol. The topological polar surface area (TPSA) is 64.9 Å². The number of hydrogen-bond acceptors (Lipinski definition) is 4. The first-order valence-electron chi connectivity index (χ1n) is 5.63. The summed E-state index contributed by atoms with van der Waals surface area (Å²) in [6.45, 7) is 6.16. The van der Waals surface area contributed by atoms with E-state index in [1.165, 1.54) is 0 Å². The standard InChI is InChI=1S/C13H17N3O/c1-13(2,3)10(14)11-15-12(17-16-11)9-7-5-4-6-8-9/h4-8,10H,14H2,1-3H3/t10-/m1/s1. The minimum Gasteiger partial charge on any atom is -0.334 e. The molecule has 0 fully saturated rings. The predicted octanol–water partition coefficient (Wildman–Crippen LogP) is 2.78. The van der Waals surface area contributed by atoms with Crippen LogP contribution in [0.4, 0.5) is 0 Å². The molecule has 0 saturated heterocycles. The summed E-state index contributed by atoms with van der Waals surface area (Å²) in [7, 11) is 0. The maximum atomic E-state index is 6.08. The molecule has 1 heterocycles. The summed E-state index contributed by atoms with van der Waals surface area (Å²) >= 11 is 0. The van der Waals surface area contributed by atoms with Crippen LogP contribution in [0.2, 0.25) is 0 Å². The number of benzene rings is 1. The Morgan fingerprint density at radius 2 is 1.82 bits per heavy atom. The van der Waals surface area contributed by atoms with Gasteiger partial charge in [0.05, 0.1) is 6.04 Å². The minimum atomic E-state index is -0.233. The highest BCUT2D eigenvalue weighted by Gasteiger charge is 2.26. The lowest BCUT2D eigenvalue weighted by molar-refractivity contribution is 0.303. The summed E-state index contributed by atoms with van der Waals surface area (Å²) in [6, 6.07) is 9.44. The van der Waals surface area contributed by atoms with Crippen LogP contribution in [0.1, 0.15) is 32.6 Å². The molecule has 2 rings (SSSR count). The van der Waals surface area contributed by atoms with E-state index in [2.05, 4.69) is 30.9 Å². The molecular weight excluding hydrogens is 214 g/mol. The van der Waals surface area contributed by atoms with Gasteiger partial charge in [-0.3, -0.25) is 0 Å². The Hall–Kier alpha value is -1.68. The maximum Gasteiger partial charge on any atom is 0.257 e. The van der Waals surface area contributed by atoms with Crippen LogP contribution in [0.3, 0.4) is 0 Å². The first-order chi connectivity index (χ1) is 7.98. The van der Waals surface area contributed by atoms with Gasteiger partial charge in [-0.1, -0.05) is 44.1 Å². The molecule has 0 saturated carbocycles. The third-order valence-corrected chi connectivity index (χ3v) is 2.67. The van der Waals surface area contributed by atoms with E-state index in [-0.39, 0.29) is 11.5 Å². The first-order valence-corrected chi connectivity index (χ1v) is 5.63. The Balaban J connectivity index is 2.28. The molecule has 1 aromatic heterocycles. The van der Waals surface area contributed by atoms with Crippen LogP contribution in [0, 0.1) is 5.41 Å². The first kappa shape index (κ1) is 11.8. The number of aromatic nitrogens is 2. The third-order valence-electron chi connectivity index (χ3n) is 2.67. The summed E-state index contributed by atoms with van der Waals surface area (Å²) in [5.41, 5.74) is 6.90. The molecule has 0 aliphatic heterocycles. The van der Waals surface area contributed by atoms with Gasteiger partial charge in [0.15, 0.2) is 5.82 Å². The Kier molecular flexibility index (Phi) is 2.98. The second-order valence-corrected chi connectivity index (χ2v) is 5.17. The lowest BCUT2D eigenvalue weighted by Crippen LogP contribution is -2.27. The van der Waals surface area contributed by atoms with Gasteiger partial charge in [0.1, 0.15) is 0 Å². The van der Waals surface area contributed by atoms with Crippen molar-refractivity contribution in [2.24, 2.45) is 11.1 Å². The van der Waals surface area contributed by atoms with E-state index in [1.807, 2.05) is 30.3 Å². The lowest BCUT2D eigenvalue weighted by Gasteiger charge is -2.23. The SMILES string of the molecule is CC(C)(C)[C@H](N)c1noc(-c2ccccc2)n1. The molecule has 1 atom stereocenters. The smallest absolute Gasteiger partial charge is 0.257 e. The van der Waals surface area contributed by atoms with Gasteiger partial charge in [0, 0.05) is 5.56 Å². The van der Waals surface area contributed by atoms with Crippen LogP contribution in [-0.2, 0) is 0 Å². The van der Waals surface area contributed by atoms with Gasteiger partial charge in [-0.05, 0) is 17.5 Å². The van der Waals surface area contributed by atoms with E-state index in [1.54, 1.807) is 0 Å². The molecule has 0 spiro atoms. The molecule has 4 heteroatoms.